The van der Waals surface area contributed by atoms with E-state index in [1.807, 2.05) is 24.3 Å². The summed E-state index contributed by atoms with van der Waals surface area (Å²) in [6, 6.07) is 10.9. The highest BCUT2D eigenvalue weighted by atomic mass is 19.4. The fourth-order valence-electron chi connectivity index (χ4n) is 4.84. The molecule has 7 nitrogen and oxygen atoms in total. The highest BCUT2D eigenvalue weighted by Gasteiger charge is 2.46. The third-order valence-electron chi connectivity index (χ3n) is 6.73. The van der Waals surface area contributed by atoms with Gasteiger partial charge >= 0.3 is 6.18 Å². The van der Waals surface area contributed by atoms with E-state index >= 15 is 0 Å². The molecule has 0 amide bonds. The summed E-state index contributed by atoms with van der Waals surface area (Å²) in [5.74, 6) is 0.763. The second kappa shape index (κ2) is 8.00. The predicted molar refractivity (Wildman–Crippen MR) is 120 cm³/mol. The van der Waals surface area contributed by atoms with Gasteiger partial charge in [-0.25, -0.2) is 4.98 Å². The van der Waals surface area contributed by atoms with Gasteiger partial charge in [-0.3, -0.25) is 9.30 Å². The first kappa shape index (κ1) is 21.5. The van der Waals surface area contributed by atoms with E-state index in [4.69, 9.17) is 15.5 Å². The van der Waals surface area contributed by atoms with Gasteiger partial charge in [0.15, 0.2) is 11.5 Å². The van der Waals surface area contributed by atoms with Crippen LogP contribution in [0.5, 0.6) is 0 Å². The number of fused-ring (bicyclic) bond motifs is 2. The molecule has 5 heterocycles. The molecule has 10 heteroatoms. The maximum atomic E-state index is 14.1. The smallest absolute Gasteiger partial charge is 0.380 e. The number of halogens is 3. The molecule has 2 atom stereocenters. The molecule has 4 aromatic rings. The average molecular weight is 468 g/mol. The lowest BCUT2D eigenvalue weighted by molar-refractivity contribution is -0.183. The molecule has 2 N–H and O–H groups in total. The number of nitrogens with two attached hydrogens (primary N) is 1. The molecule has 2 aliphatic rings. The maximum absolute atomic E-state index is 14.1. The van der Waals surface area contributed by atoms with Gasteiger partial charge < -0.3 is 10.5 Å². The van der Waals surface area contributed by atoms with Crippen molar-refractivity contribution in [1.29, 1.82) is 0 Å². The van der Waals surface area contributed by atoms with E-state index in [2.05, 4.69) is 16.3 Å². The second-order valence-electron chi connectivity index (χ2n) is 9.09. The Bertz CT molecular complexity index is 1370. The van der Waals surface area contributed by atoms with E-state index in [-0.39, 0.29) is 18.2 Å². The van der Waals surface area contributed by atoms with Crippen molar-refractivity contribution in [2.75, 3.05) is 26.3 Å². The van der Waals surface area contributed by atoms with Crippen molar-refractivity contribution >= 4 is 16.6 Å². The average Bonchev–Trinajstić information content (AvgIpc) is 3.37. The predicted octanol–water partition coefficient (Wildman–Crippen LogP) is 3.69. The van der Waals surface area contributed by atoms with Crippen LogP contribution in [0.3, 0.4) is 0 Å². The van der Waals surface area contributed by atoms with Crippen molar-refractivity contribution in [2.45, 2.75) is 30.6 Å². The number of pyridine rings is 2. The van der Waals surface area contributed by atoms with E-state index in [0.717, 1.165) is 16.5 Å². The molecule has 1 aromatic carbocycles. The molecule has 2 saturated heterocycles. The van der Waals surface area contributed by atoms with Crippen molar-refractivity contribution in [3.05, 3.63) is 59.8 Å². The number of likely N-dealkylation sites (tertiary alicyclic amines) is 1. The van der Waals surface area contributed by atoms with E-state index in [1.54, 1.807) is 10.5 Å². The first-order valence-electron chi connectivity index (χ1n) is 11.3. The molecular weight excluding hydrogens is 445 g/mol. The SMILES string of the molecule is NC1CCN([C@H](c2ccc3nnc(-c4ccc5ccc(C6COC6)cc5n4)n3c2)C(F)(F)F)C1. The quantitative estimate of drug-likeness (QED) is 0.492. The van der Waals surface area contributed by atoms with E-state index in [9.17, 15) is 13.2 Å². The summed E-state index contributed by atoms with van der Waals surface area (Å²) in [5.41, 5.74) is 8.99. The Morgan fingerprint density at radius 2 is 1.88 bits per heavy atom. The summed E-state index contributed by atoms with van der Waals surface area (Å²) < 4.78 is 49.2. The van der Waals surface area contributed by atoms with Crippen LogP contribution < -0.4 is 5.73 Å². The molecule has 2 aliphatic heterocycles. The van der Waals surface area contributed by atoms with Gasteiger partial charge in [-0.2, -0.15) is 13.2 Å². The third kappa shape index (κ3) is 3.71. The highest BCUT2D eigenvalue weighted by Crippen LogP contribution is 2.39. The first-order valence-corrected chi connectivity index (χ1v) is 11.3. The lowest BCUT2D eigenvalue weighted by atomic mass is 9.96. The fraction of sp³-hybridized carbons (Fsp3) is 0.375. The number of hydrogen-bond donors (Lipinski definition) is 1. The Balaban J connectivity index is 1.42. The van der Waals surface area contributed by atoms with Crippen LogP contribution >= 0.6 is 0 Å². The molecule has 6 rings (SSSR count). The van der Waals surface area contributed by atoms with Crippen molar-refractivity contribution in [2.24, 2.45) is 5.73 Å². The van der Waals surface area contributed by atoms with Crippen molar-refractivity contribution in [1.82, 2.24) is 24.5 Å². The van der Waals surface area contributed by atoms with Crippen LogP contribution in [0.1, 0.15) is 29.5 Å². The molecule has 1 unspecified atom stereocenters. The summed E-state index contributed by atoms with van der Waals surface area (Å²) in [6.07, 6.45) is -2.42. The number of nitrogens with zero attached hydrogens (tertiary/aromatic N) is 5. The van der Waals surface area contributed by atoms with Gasteiger partial charge in [-0.05, 0) is 35.7 Å². The van der Waals surface area contributed by atoms with E-state index in [0.29, 0.717) is 49.3 Å². The molecular formula is C24H23F3N6O. The van der Waals surface area contributed by atoms with Crippen LogP contribution in [0.15, 0.2) is 48.7 Å². The molecule has 0 aliphatic carbocycles. The lowest BCUT2D eigenvalue weighted by Crippen LogP contribution is -2.38. The van der Waals surface area contributed by atoms with Crippen molar-refractivity contribution in [3.8, 4) is 11.5 Å². The van der Waals surface area contributed by atoms with Gasteiger partial charge in [0.05, 0.1) is 18.7 Å². The number of hydrogen-bond acceptors (Lipinski definition) is 6. The molecule has 176 valence electrons. The van der Waals surface area contributed by atoms with Gasteiger partial charge in [0, 0.05) is 36.6 Å². The number of aromatic nitrogens is 4. The van der Waals surface area contributed by atoms with Crippen LogP contribution in [0.4, 0.5) is 13.2 Å². The minimum absolute atomic E-state index is 0.128. The number of rotatable bonds is 4. The van der Waals surface area contributed by atoms with Crippen LogP contribution in [0.25, 0.3) is 28.1 Å². The molecule has 0 spiro atoms. The molecule has 2 fully saturated rings. The summed E-state index contributed by atoms with van der Waals surface area (Å²) in [4.78, 5) is 6.17. The summed E-state index contributed by atoms with van der Waals surface area (Å²) in [5, 5.41) is 9.38. The van der Waals surface area contributed by atoms with Crippen LogP contribution in [0, 0.1) is 0 Å². The van der Waals surface area contributed by atoms with Gasteiger partial charge in [-0.15, -0.1) is 10.2 Å². The standard InChI is InChI=1S/C24H23F3N6O/c25-24(26,27)22(32-8-7-18(28)11-32)16-4-6-21-30-31-23(33(21)10-16)19-5-3-14-1-2-15(9-20(14)29-19)17-12-34-13-17/h1-6,9-10,17-18,22H,7-8,11-13,28H2/t18?,22-/m1/s1. The largest absolute Gasteiger partial charge is 0.408 e. The van der Waals surface area contributed by atoms with Gasteiger partial charge in [0.2, 0.25) is 0 Å². The van der Waals surface area contributed by atoms with Crippen LogP contribution in [0.2, 0.25) is 0 Å². The minimum Gasteiger partial charge on any atom is -0.380 e. The van der Waals surface area contributed by atoms with Gasteiger partial charge in [0.25, 0.3) is 0 Å². The Labute approximate surface area is 193 Å². The van der Waals surface area contributed by atoms with Crippen molar-refractivity contribution < 1.29 is 17.9 Å². The normalized spacial score (nSPS) is 20.8. The Hall–Kier alpha value is -3.08. The van der Waals surface area contributed by atoms with Crippen molar-refractivity contribution in [3.63, 3.8) is 0 Å². The highest BCUT2D eigenvalue weighted by molar-refractivity contribution is 5.81. The zero-order valence-corrected chi connectivity index (χ0v) is 18.2. The number of alkyl halides is 3. The van der Waals surface area contributed by atoms with Gasteiger partial charge in [-0.1, -0.05) is 24.3 Å². The molecule has 0 bridgehead atoms. The summed E-state index contributed by atoms with van der Waals surface area (Å²) in [6.45, 7) is 1.91. The van der Waals surface area contributed by atoms with Crippen LogP contribution in [-0.4, -0.2) is 63.0 Å². The molecule has 0 radical (unpaired) electrons. The third-order valence-corrected chi connectivity index (χ3v) is 6.73. The summed E-state index contributed by atoms with van der Waals surface area (Å²) in [7, 11) is 0. The Morgan fingerprint density at radius 3 is 2.59 bits per heavy atom. The summed E-state index contributed by atoms with van der Waals surface area (Å²) >= 11 is 0. The fourth-order valence-corrected chi connectivity index (χ4v) is 4.84. The lowest BCUT2D eigenvalue weighted by Gasteiger charge is -2.30. The molecule has 0 saturated carbocycles. The number of benzene rings is 1. The topological polar surface area (TPSA) is 81.6 Å². The monoisotopic (exact) mass is 468 g/mol. The molecule has 3 aromatic heterocycles. The van der Waals surface area contributed by atoms with E-state index in [1.165, 1.54) is 17.2 Å². The first-order chi connectivity index (χ1) is 16.4. The Morgan fingerprint density at radius 1 is 1.06 bits per heavy atom. The zero-order chi connectivity index (χ0) is 23.4. The second-order valence-corrected chi connectivity index (χ2v) is 9.09. The van der Waals surface area contributed by atoms with Gasteiger partial charge in [0.1, 0.15) is 11.7 Å². The number of ether oxygens (including phenoxy) is 1. The van der Waals surface area contributed by atoms with E-state index < -0.39 is 12.2 Å². The maximum Gasteiger partial charge on any atom is 0.408 e. The Kier molecular flexibility index (Phi) is 5.05. The molecule has 34 heavy (non-hydrogen) atoms. The minimum atomic E-state index is -4.44. The van der Waals surface area contributed by atoms with Crippen LogP contribution in [-0.2, 0) is 4.74 Å². The zero-order valence-electron chi connectivity index (χ0n) is 18.2.